The molecule has 1 heterocycles. The minimum absolute atomic E-state index is 0.787. The highest BCUT2D eigenvalue weighted by Gasteiger charge is 2.26. The van der Waals surface area contributed by atoms with Gasteiger partial charge >= 0.3 is 0 Å². The second-order valence-corrected chi connectivity index (χ2v) is 3.90. The first-order valence-electron chi connectivity index (χ1n) is 3.47. The molecule has 2 nitrogen and oxygen atoms in total. The first-order valence-corrected chi connectivity index (χ1v) is 4.54. The summed E-state index contributed by atoms with van der Waals surface area (Å²) in [6.07, 6.45) is 2.68. The van der Waals surface area contributed by atoms with Gasteiger partial charge in [0, 0.05) is 13.0 Å². The lowest BCUT2D eigenvalue weighted by Gasteiger charge is -1.87. The summed E-state index contributed by atoms with van der Waals surface area (Å²) in [4.78, 5) is 0. The molecule has 0 aromatic carbocycles. The van der Waals surface area contributed by atoms with Crippen LogP contribution in [0.3, 0.4) is 0 Å². The van der Waals surface area contributed by atoms with E-state index in [2.05, 4.69) is 33.8 Å². The van der Waals surface area contributed by atoms with Gasteiger partial charge in [0.1, 0.15) is 0 Å². The summed E-state index contributed by atoms with van der Waals surface area (Å²) < 4.78 is 3.17. The largest absolute Gasteiger partial charge is 0.262 e. The Bertz CT molecular complexity index is 231. The molecule has 0 atom stereocenters. The molecule has 0 bridgehead atoms. The van der Waals surface area contributed by atoms with E-state index in [-0.39, 0.29) is 0 Å². The van der Waals surface area contributed by atoms with E-state index >= 15 is 0 Å². The lowest BCUT2D eigenvalue weighted by molar-refractivity contribution is 0.727. The number of halogens is 1. The van der Waals surface area contributed by atoms with Gasteiger partial charge in [0.05, 0.1) is 9.39 Å². The van der Waals surface area contributed by atoms with Gasteiger partial charge in [0.2, 0.25) is 0 Å². The standard InChI is InChI=1S/C7H9IN2/c1-10-7(8)4-6(9-10)5-2-3-5/h4-5H,2-3H2,1H3. The van der Waals surface area contributed by atoms with Gasteiger partial charge in [-0.1, -0.05) is 0 Å². The van der Waals surface area contributed by atoms with Gasteiger partial charge in [-0.05, 0) is 41.5 Å². The fourth-order valence-corrected chi connectivity index (χ4v) is 1.47. The summed E-state index contributed by atoms with van der Waals surface area (Å²) in [6.45, 7) is 0. The SMILES string of the molecule is Cn1nc(C2CC2)cc1I. The number of aryl methyl sites for hydroxylation is 1. The fraction of sp³-hybridized carbons (Fsp3) is 0.571. The van der Waals surface area contributed by atoms with E-state index in [4.69, 9.17) is 0 Å². The van der Waals surface area contributed by atoms with Gasteiger partial charge in [-0.2, -0.15) is 5.10 Å². The maximum absolute atomic E-state index is 4.38. The predicted octanol–water partition coefficient (Wildman–Crippen LogP) is 1.90. The zero-order chi connectivity index (χ0) is 7.14. The molecule has 0 radical (unpaired) electrons. The van der Waals surface area contributed by atoms with Crippen molar-refractivity contribution in [2.45, 2.75) is 18.8 Å². The van der Waals surface area contributed by atoms with Crippen molar-refractivity contribution in [1.82, 2.24) is 9.78 Å². The second-order valence-electron chi connectivity index (χ2n) is 2.79. The van der Waals surface area contributed by atoms with E-state index in [1.54, 1.807) is 0 Å². The maximum Gasteiger partial charge on any atom is 0.0989 e. The van der Waals surface area contributed by atoms with Gasteiger partial charge in [0.25, 0.3) is 0 Å². The fourth-order valence-electron chi connectivity index (χ4n) is 1.04. The molecule has 1 aliphatic carbocycles. The second kappa shape index (κ2) is 2.22. The summed E-state index contributed by atoms with van der Waals surface area (Å²) in [6, 6.07) is 2.18. The van der Waals surface area contributed by atoms with Crippen LogP contribution in [0.1, 0.15) is 24.5 Å². The van der Waals surface area contributed by atoms with Gasteiger partial charge in [-0.3, -0.25) is 4.68 Å². The van der Waals surface area contributed by atoms with Crippen molar-refractivity contribution in [2.75, 3.05) is 0 Å². The van der Waals surface area contributed by atoms with Crippen molar-refractivity contribution in [1.29, 1.82) is 0 Å². The van der Waals surface area contributed by atoms with Crippen LogP contribution in [0.5, 0.6) is 0 Å². The summed E-state index contributed by atoms with van der Waals surface area (Å²) in [5, 5.41) is 4.38. The molecule has 0 unspecified atom stereocenters. The molecule has 54 valence electrons. The molecule has 0 N–H and O–H groups in total. The van der Waals surface area contributed by atoms with Gasteiger partial charge in [-0.25, -0.2) is 0 Å². The quantitative estimate of drug-likeness (QED) is 0.694. The average molecular weight is 248 g/mol. The minimum atomic E-state index is 0.787. The zero-order valence-electron chi connectivity index (χ0n) is 5.84. The van der Waals surface area contributed by atoms with Crippen molar-refractivity contribution in [3.8, 4) is 0 Å². The van der Waals surface area contributed by atoms with E-state index in [9.17, 15) is 0 Å². The molecule has 0 aliphatic heterocycles. The van der Waals surface area contributed by atoms with Crippen molar-refractivity contribution in [3.05, 3.63) is 15.5 Å². The molecule has 1 aromatic rings. The maximum atomic E-state index is 4.38. The highest BCUT2D eigenvalue weighted by Crippen LogP contribution is 2.39. The Morgan fingerprint density at radius 2 is 2.40 bits per heavy atom. The number of rotatable bonds is 1. The first-order chi connectivity index (χ1) is 4.77. The highest BCUT2D eigenvalue weighted by molar-refractivity contribution is 14.1. The topological polar surface area (TPSA) is 17.8 Å². The Labute approximate surface area is 73.8 Å². The summed E-state index contributed by atoms with van der Waals surface area (Å²) in [7, 11) is 1.99. The number of aromatic nitrogens is 2. The van der Waals surface area contributed by atoms with Crippen LogP contribution in [0.2, 0.25) is 0 Å². The normalized spacial score (nSPS) is 17.8. The smallest absolute Gasteiger partial charge is 0.0989 e. The first kappa shape index (κ1) is 6.64. The Hall–Kier alpha value is -0.0600. The molecule has 10 heavy (non-hydrogen) atoms. The Kier molecular flexibility index (Phi) is 1.47. The van der Waals surface area contributed by atoms with Crippen molar-refractivity contribution in [3.63, 3.8) is 0 Å². The molecular weight excluding hydrogens is 239 g/mol. The van der Waals surface area contributed by atoms with Crippen molar-refractivity contribution >= 4 is 22.6 Å². The molecule has 2 rings (SSSR count). The van der Waals surface area contributed by atoms with Crippen LogP contribution in [0.15, 0.2) is 6.07 Å². The molecular formula is C7H9IN2. The molecule has 1 saturated carbocycles. The van der Waals surface area contributed by atoms with Crippen LogP contribution < -0.4 is 0 Å². The third kappa shape index (κ3) is 1.07. The van der Waals surface area contributed by atoms with Crippen molar-refractivity contribution in [2.24, 2.45) is 7.05 Å². The molecule has 1 aromatic heterocycles. The van der Waals surface area contributed by atoms with Crippen LogP contribution in [-0.4, -0.2) is 9.78 Å². The average Bonchev–Trinajstić information content (AvgIpc) is 2.64. The summed E-state index contributed by atoms with van der Waals surface area (Å²) in [5.74, 6) is 0.787. The van der Waals surface area contributed by atoms with Crippen LogP contribution in [0, 0.1) is 3.70 Å². The third-order valence-corrected chi connectivity index (χ3v) is 2.85. The molecule has 0 spiro atoms. The van der Waals surface area contributed by atoms with E-state index in [0.717, 1.165) is 5.92 Å². The van der Waals surface area contributed by atoms with Crippen molar-refractivity contribution < 1.29 is 0 Å². The molecule has 1 fully saturated rings. The van der Waals surface area contributed by atoms with Crippen LogP contribution in [0.4, 0.5) is 0 Å². The molecule has 0 amide bonds. The Balaban J connectivity index is 2.34. The zero-order valence-corrected chi connectivity index (χ0v) is 8.00. The van der Waals surface area contributed by atoms with E-state index in [1.807, 2.05) is 11.7 Å². The lowest BCUT2D eigenvalue weighted by atomic mass is 10.3. The van der Waals surface area contributed by atoms with E-state index < -0.39 is 0 Å². The van der Waals surface area contributed by atoms with Crippen LogP contribution >= 0.6 is 22.6 Å². The lowest BCUT2D eigenvalue weighted by Crippen LogP contribution is -1.92. The highest BCUT2D eigenvalue weighted by atomic mass is 127. The monoisotopic (exact) mass is 248 g/mol. The number of nitrogens with zero attached hydrogens (tertiary/aromatic N) is 2. The molecule has 3 heteroatoms. The number of hydrogen-bond acceptors (Lipinski definition) is 1. The van der Waals surface area contributed by atoms with E-state index in [0.29, 0.717) is 0 Å². The van der Waals surface area contributed by atoms with Crippen LogP contribution in [0.25, 0.3) is 0 Å². The van der Waals surface area contributed by atoms with Crippen LogP contribution in [-0.2, 0) is 7.05 Å². The summed E-state index contributed by atoms with van der Waals surface area (Å²) >= 11 is 2.31. The Morgan fingerprint density at radius 1 is 1.70 bits per heavy atom. The predicted molar refractivity (Wildman–Crippen MR) is 47.9 cm³/mol. The third-order valence-electron chi connectivity index (χ3n) is 1.84. The van der Waals surface area contributed by atoms with E-state index in [1.165, 1.54) is 22.2 Å². The van der Waals surface area contributed by atoms with Gasteiger partial charge in [-0.15, -0.1) is 0 Å². The van der Waals surface area contributed by atoms with Gasteiger partial charge in [0.15, 0.2) is 0 Å². The Morgan fingerprint density at radius 3 is 2.80 bits per heavy atom. The summed E-state index contributed by atoms with van der Waals surface area (Å²) in [5.41, 5.74) is 1.28. The van der Waals surface area contributed by atoms with Gasteiger partial charge < -0.3 is 0 Å². The minimum Gasteiger partial charge on any atom is -0.262 e. The number of hydrogen-bond donors (Lipinski definition) is 0. The molecule has 1 aliphatic rings. The molecule has 0 saturated heterocycles.